The maximum absolute atomic E-state index is 13.7. The summed E-state index contributed by atoms with van der Waals surface area (Å²) in [5.74, 6) is 0.569. The molecule has 0 aromatic carbocycles. The minimum atomic E-state index is -2.35. The molecule has 182 valence electrons. The van der Waals surface area contributed by atoms with Gasteiger partial charge in [-0.25, -0.2) is 13.5 Å². The van der Waals surface area contributed by atoms with Crippen LogP contribution in [0.3, 0.4) is 0 Å². The molecule has 1 spiro atoms. The van der Waals surface area contributed by atoms with Crippen LogP contribution in [0.4, 0.5) is 5.69 Å². The number of hydrogen-bond acceptors (Lipinski definition) is 6. The second-order valence-corrected chi connectivity index (χ2v) is 18.7. The van der Waals surface area contributed by atoms with Crippen LogP contribution in [-0.2, 0) is 9.92 Å². The van der Waals surface area contributed by atoms with Crippen molar-refractivity contribution in [2.75, 3.05) is 44.4 Å². The molecule has 0 aliphatic carbocycles. The molecular weight excluding hydrogens is 450 g/mol. The van der Waals surface area contributed by atoms with Gasteiger partial charge in [0.1, 0.15) is 5.52 Å². The summed E-state index contributed by atoms with van der Waals surface area (Å²) < 4.78 is 26.3. The molecule has 2 aliphatic rings. The van der Waals surface area contributed by atoms with E-state index in [2.05, 4.69) is 59.1 Å². The molecule has 4 heterocycles. The Kier molecular flexibility index (Phi) is 6.29. The molecule has 2 aromatic rings. The number of nitrogens with zero attached hydrogens (tertiary/aromatic N) is 5. The lowest BCUT2D eigenvalue weighted by atomic mass is 9.78. The van der Waals surface area contributed by atoms with Gasteiger partial charge in [-0.1, -0.05) is 20.8 Å². The maximum Gasteiger partial charge on any atom is 0.240 e. The van der Waals surface area contributed by atoms with Gasteiger partial charge in [-0.15, -0.1) is 0 Å². The quantitative estimate of drug-likeness (QED) is 0.568. The van der Waals surface area contributed by atoms with Gasteiger partial charge in [0.15, 0.2) is 8.24 Å². The molecule has 9 heteroatoms. The molecule has 2 saturated heterocycles. The third-order valence-corrected chi connectivity index (χ3v) is 16.2. The molecule has 2 aliphatic heterocycles. The molecule has 1 unspecified atom stereocenters. The van der Waals surface area contributed by atoms with Crippen molar-refractivity contribution in [3.8, 4) is 5.88 Å². The van der Waals surface area contributed by atoms with Crippen LogP contribution in [-0.4, -0.2) is 66.3 Å². The van der Waals surface area contributed by atoms with Crippen LogP contribution in [0.2, 0.25) is 18.1 Å². The van der Waals surface area contributed by atoms with Crippen molar-refractivity contribution < 1.29 is 8.95 Å². The average molecular weight is 490 g/mol. The predicted octanol–water partition coefficient (Wildman–Crippen LogP) is 4.95. The van der Waals surface area contributed by atoms with E-state index in [1.807, 2.05) is 18.5 Å². The third-order valence-electron chi connectivity index (χ3n) is 8.07. The highest BCUT2D eigenvalue weighted by molar-refractivity contribution is 7.91. The molecule has 2 aromatic heterocycles. The Morgan fingerprint density at radius 3 is 2.36 bits per heavy atom. The number of ether oxygens (including phenoxy) is 1. The molecule has 1 atom stereocenters. The summed E-state index contributed by atoms with van der Waals surface area (Å²) in [4.78, 5) is 11.3. The van der Waals surface area contributed by atoms with E-state index in [1.54, 1.807) is 13.3 Å². The lowest BCUT2D eigenvalue weighted by molar-refractivity contribution is 0.180. The predicted molar refractivity (Wildman–Crippen MR) is 140 cm³/mol. The van der Waals surface area contributed by atoms with E-state index < -0.39 is 18.2 Å². The summed E-state index contributed by atoms with van der Waals surface area (Å²) in [6, 6.07) is 4.13. The summed E-state index contributed by atoms with van der Waals surface area (Å²) in [6.45, 7) is 14.9. The van der Waals surface area contributed by atoms with E-state index in [-0.39, 0.29) is 10.5 Å². The van der Waals surface area contributed by atoms with E-state index in [9.17, 15) is 4.21 Å². The zero-order chi connectivity index (χ0) is 24.1. The Balaban J connectivity index is 1.50. The lowest BCUT2D eigenvalue weighted by Gasteiger charge is -2.41. The Bertz CT molecular complexity index is 1150. The van der Waals surface area contributed by atoms with Crippen molar-refractivity contribution >= 4 is 34.7 Å². The first-order valence-corrected chi connectivity index (χ1v) is 16.7. The number of methoxy groups -OCH3 is 1. The lowest BCUT2D eigenvalue weighted by Crippen LogP contribution is -2.46. The van der Waals surface area contributed by atoms with Crippen molar-refractivity contribution in [2.24, 2.45) is 9.44 Å². The zero-order valence-electron chi connectivity index (χ0n) is 21.2. The second-order valence-electron chi connectivity index (χ2n) is 11.3. The molecule has 2 fully saturated rings. The van der Waals surface area contributed by atoms with Crippen molar-refractivity contribution in [3.05, 3.63) is 24.5 Å². The average Bonchev–Trinajstić information content (AvgIpc) is 3.14. The van der Waals surface area contributed by atoms with Crippen LogP contribution in [0.25, 0.3) is 10.9 Å². The smallest absolute Gasteiger partial charge is 0.240 e. The van der Waals surface area contributed by atoms with Crippen molar-refractivity contribution in [1.82, 2.24) is 14.3 Å². The number of aromatic nitrogens is 2. The minimum absolute atomic E-state index is 0.0974. The van der Waals surface area contributed by atoms with Crippen LogP contribution in [0, 0.1) is 5.41 Å². The highest BCUT2D eigenvalue weighted by Gasteiger charge is 2.43. The molecule has 0 saturated carbocycles. The van der Waals surface area contributed by atoms with Crippen LogP contribution < -0.4 is 9.64 Å². The van der Waals surface area contributed by atoms with Crippen molar-refractivity contribution in [2.45, 2.75) is 58.2 Å². The molecular formula is C24H39N5O2SSi. The Morgan fingerprint density at radius 1 is 1.09 bits per heavy atom. The Hall–Kier alpha value is -1.71. The largest absolute Gasteiger partial charge is 0.479 e. The number of piperidine rings is 1. The maximum atomic E-state index is 13.7. The normalized spacial score (nSPS) is 21.4. The van der Waals surface area contributed by atoms with Crippen LogP contribution >= 0.6 is 0 Å². The molecule has 4 rings (SSSR count). The Labute approximate surface area is 200 Å². The summed E-state index contributed by atoms with van der Waals surface area (Å²) in [5.41, 5.74) is 2.29. The molecule has 0 N–H and O–H groups in total. The van der Waals surface area contributed by atoms with Gasteiger partial charge in [0, 0.05) is 55.9 Å². The monoisotopic (exact) mass is 489 g/mol. The fourth-order valence-corrected chi connectivity index (χ4v) is 10.7. The summed E-state index contributed by atoms with van der Waals surface area (Å²) in [5, 5.41) is 1.18. The van der Waals surface area contributed by atoms with Gasteiger partial charge in [-0.3, -0.25) is 9.01 Å². The zero-order valence-corrected chi connectivity index (χ0v) is 23.0. The van der Waals surface area contributed by atoms with E-state index in [4.69, 9.17) is 8.77 Å². The minimum Gasteiger partial charge on any atom is -0.479 e. The number of pyridine rings is 2. The fraction of sp³-hybridized carbons (Fsp3) is 0.667. The van der Waals surface area contributed by atoms with Gasteiger partial charge in [0.05, 0.1) is 17.0 Å². The number of rotatable bonds is 4. The van der Waals surface area contributed by atoms with Crippen LogP contribution in [0.1, 0.15) is 40.0 Å². The first kappa shape index (κ1) is 24.4. The molecule has 0 bridgehead atoms. The highest BCUT2D eigenvalue weighted by Crippen LogP contribution is 2.44. The molecule has 7 nitrogen and oxygen atoms in total. The van der Waals surface area contributed by atoms with Gasteiger partial charge in [0.25, 0.3) is 0 Å². The van der Waals surface area contributed by atoms with E-state index in [0.717, 1.165) is 56.3 Å². The summed E-state index contributed by atoms with van der Waals surface area (Å²) >= 11 is 0. The van der Waals surface area contributed by atoms with Gasteiger partial charge < -0.3 is 9.64 Å². The van der Waals surface area contributed by atoms with Crippen molar-refractivity contribution in [3.63, 3.8) is 0 Å². The first-order valence-electron chi connectivity index (χ1n) is 11.9. The van der Waals surface area contributed by atoms with Gasteiger partial charge >= 0.3 is 0 Å². The molecule has 0 radical (unpaired) electrons. The topological polar surface area (TPSA) is 70.9 Å². The van der Waals surface area contributed by atoms with Crippen LogP contribution in [0.15, 0.2) is 28.6 Å². The Morgan fingerprint density at radius 2 is 1.73 bits per heavy atom. The number of anilines is 1. The van der Waals surface area contributed by atoms with Gasteiger partial charge in [0.2, 0.25) is 5.88 Å². The fourth-order valence-electron chi connectivity index (χ4n) is 4.93. The second kappa shape index (κ2) is 8.50. The molecule has 0 amide bonds. The SMILES string of the molecule is COc1nccc2c(N3CCC4(CCN(S(C)(=O)=N[Si](C)(C)C(C)(C)C)CC4)C3)ccnc12. The first-order chi connectivity index (χ1) is 15.4. The van der Waals surface area contributed by atoms with Gasteiger partial charge in [-0.05, 0) is 54.9 Å². The summed E-state index contributed by atoms with van der Waals surface area (Å²) in [6.07, 6.45) is 8.79. The number of hydrogen-bond donors (Lipinski definition) is 0. The van der Waals surface area contributed by atoms with Crippen LogP contribution in [0.5, 0.6) is 5.88 Å². The highest BCUT2D eigenvalue weighted by atomic mass is 32.2. The number of fused-ring (bicyclic) bond motifs is 1. The van der Waals surface area contributed by atoms with Crippen molar-refractivity contribution in [1.29, 1.82) is 0 Å². The molecule has 33 heavy (non-hydrogen) atoms. The third kappa shape index (κ3) is 4.64. The standard InChI is InChI=1S/C24H39N5O2SSi/c1-23(2,3)33(6,7)27-32(5,30)29-16-11-24(12-17-29)10-15-28(18-24)20-9-14-25-21-19(20)8-13-26-22(21)31-4/h8-9,13-14H,10-12,15-18H2,1-7H3. The van der Waals surface area contributed by atoms with E-state index in [0.29, 0.717) is 5.88 Å². The van der Waals surface area contributed by atoms with E-state index >= 15 is 0 Å². The van der Waals surface area contributed by atoms with E-state index in [1.165, 1.54) is 5.69 Å². The summed E-state index contributed by atoms with van der Waals surface area (Å²) in [7, 11) is -2.68. The van der Waals surface area contributed by atoms with Gasteiger partial charge in [-0.2, -0.15) is 0 Å².